The molecule has 27 heavy (non-hydrogen) atoms. The SMILES string of the molecule is CCOC(=O)N1CCN(C(=NC)NCc2cn3c(C)cccc3n2)CC1.I. The van der Waals surface area contributed by atoms with Crippen LogP contribution < -0.4 is 5.32 Å². The van der Waals surface area contributed by atoms with Gasteiger partial charge in [0.1, 0.15) is 5.65 Å². The normalized spacial score (nSPS) is 14.9. The molecule has 0 saturated carbocycles. The molecule has 0 unspecified atom stereocenters. The fraction of sp³-hybridized carbons (Fsp3) is 0.500. The summed E-state index contributed by atoms with van der Waals surface area (Å²) in [4.78, 5) is 24.7. The van der Waals surface area contributed by atoms with Gasteiger partial charge in [-0.05, 0) is 26.0 Å². The molecule has 148 valence electrons. The lowest BCUT2D eigenvalue weighted by molar-refractivity contribution is 0.0914. The Balaban J connectivity index is 0.00000261. The Kier molecular flexibility index (Phi) is 7.69. The van der Waals surface area contributed by atoms with E-state index in [0.29, 0.717) is 26.2 Å². The molecule has 0 radical (unpaired) electrons. The van der Waals surface area contributed by atoms with Gasteiger partial charge in [-0.2, -0.15) is 0 Å². The summed E-state index contributed by atoms with van der Waals surface area (Å²) < 4.78 is 7.14. The number of halogens is 1. The molecular formula is C18H27IN6O2. The lowest BCUT2D eigenvalue weighted by Crippen LogP contribution is -2.53. The highest BCUT2D eigenvalue weighted by atomic mass is 127. The summed E-state index contributed by atoms with van der Waals surface area (Å²) >= 11 is 0. The first kappa shape index (κ1) is 21.3. The highest BCUT2D eigenvalue weighted by Crippen LogP contribution is 2.09. The minimum Gasteiger partial charge on any atom is -0.450 e. The highest BCUT2D eigenvalue weighted by molar-refractivity contribution is 14.0. The number of aliphatic imine (C=N–C) groups is 1. The Morgan fingerprint density at radius 1 is 1.26 bits per heavy atom. The summed E-state index contributed by atoms with van der Waals surface area (Å²) in [7, 11) is 1.77. The predicted octanol–water partition coefficient (Wildman–Crippen LogP) is 2.11. The molecule has 1 aliphatic rings. The smallest absolute Gasteiger partial charge is 0.409 e. The maximum absolute atomic E-state index is 11.8. The molecule has 2 aromatic heterocycles. The quantitative estimate of drug-likeness (QED) is 0.409. The number of aryl methyl sites for hydroxylation is 1. The Hall–Kier alpha value is -2.04. The van der Waals surface area contributed by atoms with E-state index in [-0.39, 0.29) is 30.1 Å². The first-order valence-electron chi connectivity index (χ1n) is 8.93. The summed E-state index contributed by atoms with van der Waals surface area (Å²) in [6.07, 6.45) is 1.80. The Morgan fingerprint density at radius 3 is 2.59 bits per heavy atom. The van der Waals surface area contributed by atoms with Crippen molar-refractivity contribution in [3.8, 4) is 0 Å². The summed E-state index contributed by atoms with van der Waals surface area (Å²) in [6, 6.07) is 6.07. The van der Waals surface area contributed by atoms with Crippen LogP contribution in [0.4, 0.5) is 4.79 Å². The van der Waals surface area contributed by atoms with E-state index < -0.39 is 0 Å². The lowest BCUT2D eigenvalue weighted by Gasteiger charge is -2.35. The molecule has 1 fully saturated rings. The van der Waals surface area contributed by atoms with Crippen LogP contribution in [-0.4, -0.2) is 71.1 Å². The Morgan fingerprint density at radius 2 is 1.96 bits per heavy atom. The summed E-state index contributed by atoms with van der Waals surface area (Å²) in [5.41, 5.74) is 3.06. The van der Waals surface area contributed by atoms with E-state index >= 15 is 0 Å². The van der Waals surface area contributed by atoms with Crippen LogP contribution >= 0.6 is 24.0 Å². The van der Waals surface area contributed by atoms with E-state index in [9.17, 15) is 4.79 Å². The molecule has 1 aliphatic heterocycles. The van der Waals surface area contributed by atoms with Gasteiger partial charge < -0.3 is 24.3 Å². The lowest BCUT2D eigenvalue weighted by atomic mass is 10.3. The standard InChI is InChI=1S/C18H26N6O2.HI/c1-4-26-18(25)23-10-8-22(9-11-23)17(19-3)20-12-15-13-24-14(2)6-5-7-16(24)21-15;/h5-7,13H,4,8-12H2,1-3H3,(H,19,20);1H. The molecule has 0 bridgehead atoms. The van der Waals surface area contributed by atoms with Crippen molar-refractivity contribution in [3.63, 3.8) is 0 Å². The maximum atomic E-state index is 11.8. The number of rotatable bonds is 3. The molecule has 0 aliphatic carbocycles. The van der Waals surface area contributed by atoms with Crippen molar-refractivity contribution in [1.29, 1.82) is 0 Å². The van der Waals surface area contributed by atoms with Crippen molar-refractivity contribution in [3.05, 3.63) is 35.8 Å². The summed E-state index contributed by atoms with van der Waals surface area (Å²) in [5, 5.41) is 3.37. The molecule has 0 atom stereocenters. The van der Waals surface area contributed by atoms with Gasteiger partial charge in [0.05, 0.1) is 18.8 Å². The largest absolute Gasteiger partial charge is 0.450 e. The minimum atomic E-state index is -0.241. The second kappa shape index (κ2) is 9.77. The van der Waals surface area contributed by atoms with Crippen LogP contribution in [0.2, 0.25) is 0 Å². The predicted molar refractivity (Wildman–Crippen MR) is 116 cm³/mol. The number of aromatic nitrogens is 2. The molecular weight excluding hydrogens is 459 g/mol. The molecule has 8 nitrogen and oxygen atoms in total. The van der Waals surface area contributed by atoms with E-state index in [1.807, 2.05) is 25.3 Å². The Bertz CT molecular complexity index is 798. The van der Waals surface area contributed by atoms with Crippen LogP contribution in [-0.2, 0) is 11.3 Å². The van der Waals surface area contributed by atoms with Crippen LogP contribution in [0.15, 0.2) is 29.4 Å². The number of hydrogen-bond donors (Lipinski definition) is 1. The number of carbonyl (C=O) groups is 1. The van der Waals surface area contributed by atoms with Crippen LogP contribution in [0.25, 0.3) is 5.65 Å². The first-order chi connectivity index (χ1) is 12.6. The number of nitrogens with one attached hydrogen (secondary N) is 1. The van der Waals surface area contributed by atoms with E-state index in [4.69, 9.17) is 4.74 Å². The average molecular weight is 486 g/mol. The van der Waals surface area contributed by atoms with Crippen molar-refractivity contribution in [1.82, 2.24) is 24.5 Å². The van der Waals surface area contributed by atoms with Gasteiger partial charge in [0.25, 0.3) is 0 Å². The number of hydrogen-bond acceptors (Lipinski definition) is 4. The van der Waals surface area contributed by atoms with E-state index in [1.165, 1.54) is 0 Å². The molecule has 1 amide bonds. The fourth-order valence-corrected chi connectivity index (χ4v) is 3.10. The molecule has 3 rings (SSSR count). The van der Waals surface area contributed by atoms with Gasteiger partial charge in [-0.15, -0.1) is 24.0 Å². The van der Waals surface area contributed by atoms with Gasteiger partial charge in [0.2, 0.25) is 0 Å². The third-order valence-corrected chi connectivity index (χ3v) is 4.49. The van der Waals surface area contributed by atoms with Crippen molar-refractivity contribution in [2.75, 3.05) is 39.8 Å². The second-order valence-corrected chi connectivity index (χ2v) is 6.20. The zero-order valence-corrected chi connectivity index (χ0v) is 18.3. The number of nitrogens with zero attached hydrogens (tertiary/aromatic N) is 5. The number of guanidine groups is 1. The number of fused-ring (bicyclic) bond motifs is 1. The van der Waals surface area contributed by atoms with Gasteiger partial charge >= 0.3 is 6.09 Å². The van der Waals surface area contributed by atoms with E-state index in [2.05, 4.69) is 37.6 Å². The number of piperazine rings is 1. The maximum Gasteiger partial charge on any atom is 0.409 e. The number of ether oxygens (including phenoxy) is 1. The minimum absolute atomic E-state index is 0. The van der Waals surface area contributed by atoms with Crippen LogP contribution in [0.3, 0.4) is 0 Å². The van der Waals surface area contributed by atoms with Gasteiger partial charge in [0, 0.05) is 45.1 Å². The van der Waals surface area contributed by atoms with Crippen molar-refractivity contribution < 1.29 is 9.53 Å². The molecule has 0 aromatic carbocycles. The fourth-order valence-electron chi connectivity index (χ4n) is 3.10. The van der Waals surface area contributed by atoms with Crippen molar-refractivity contribution >= 4 is 41.7 Å². The van der Waals surface area contributed by atoms with Crippen LogP contribution in [0.5, 0.6) is 0 Å². The van der Waals surface area contributed by atoms with E-state index in [0.717, 1.165) is 36.1 Å². The highest BCUT2D eigenvalue weighted by Gasteiger charge is 2.23. The first-order valence-corrected chi connectivity index (χ1v) is 8.93. The zero-order valence-electron chi connectivity index (χ0n) is 16.0. The molecule has 3 heterocycles. The monoisotopic (exact) mass is 486 g/mol. The Labute approximate surface area is 176 Å². The average Bonchev–Trinajstić information content (AvgIpc) is 3.07. The zero-order chi connectivity index (χ0) is 18.5. The molecule has 0 spiro atoms. The topological polar surface area (TPSA) is 74.5 Å². The summed E-state index contributed by atoms with van der Waals surface area (Å²) in [5.74, 6) is 0.822. The van der Waals surface area contributed by atoms with Crippen molar-refractivity contribution in [2.45, 2.75) is 20.4 Å². The van der Waals surface area contributed by atoms with E-state index in [1.54, 1.807) is 11.9 Å². The van der Waals surface area contributed by atoms with Gasteiger partial charge in [-0.1, -0.05) is 6.07 Å². The molecule has 2 aromatic rings. The van der Waals surface area contributed by atoms with Crippen molar-refractivity contribution in [2.24, 2.45) is 4.99 Å². The van der Waals surface area contributed by atoms with Gasteiger partial charge in [-0.25, -0.2) is 9.78 Å². The third-order valence-electron chi connectivity index (χ3n) is 4.49. The van der Waals surface area contributed by atoms with Crippen LogP contribution in [0, 0.1) is 6.92 Å². The number of amides is 1. The number of imidazole rings is 1. The van der Waals surface area contributed by atoms with Gasteiger partial charge in [-0.3, -0.25) is 4.99 Å². The number of pyridine rings is 1. The summed E-state index contributed by atoms with van der Waals surface area (Å²) in [6.45, 7) is 7.60. The molecule has 1 saturated heterocycles. The van der Waals surface area contributed by atoms with Gasteiger partial charge in [0.15, 0.2) is 5.96 Å². The number of carbonyl (C=O) groups excluding carboxylic acids is 1. The second-order valence-electron chi connectivity index (χ2n) is 6.20. The third kappa shape index (κ3) is 5.02. The van der Waals surface area contributed by atoms with Crippen LogP contribution in [0.1, 0.15) is 18.3 Å². The molecule has 1 N–H and O–H groups in total. The molecule has 9 heteroatoms.